The highest BCUT2D eigenvalue weighted by Crippen LogP contribution is 2.19. The van der Waals surface area contributed by atoms with Crippen LogP contribution in [0.15, 0.2) is 23.7 Å². The van der Waals surface area contributed by atoms with Gasteiger partial charge >= 0.3 is 5.97 Å². The smallest absolute Gasteiger partial charge is 0.310 e. The first-order valence-electron chi connectivity index (χ1n) is 8.45. The molecular formula is C18H28O6. The van der Waals surface area contributed by atoms with Crippen LogP contribution in [0.2, 0.25) is 0 Å². The van der Waals surface area contributed by atoms with Gasteiger partial charge in [0.15, 0.2) is 0 Å². The number of unbranched alkanes of at least 4 members (excludes halogenated alkanes) is 3. The van der Waals surface area contributed by atoms with E-state index in [4.69, 9.17) is 18.9 Å². The molecule has 0 aromatic heterocycles. The molecule has 1 aliphatic rings. The number of hydrogen-bond acceptors (Lipinski definition) is 6. The normalized spacial score (nSPS) is 15.1. The Bertz CT molecular complexity index is 441. The summed E-state index contributed by atoms with van der Waals surface area (Å²) < 4.78 is 20.6. The fraction of sp³-hybridized carbons (Fsp3) is 0.667. The van der Waals surface area contributed by atoms with Crippen LogP contribution in [0, 0.1) is 5.92 Å². The molecule has 0 bridgehead atoms. The van der Waals surface area contributed by atoms with Gasteiger partial charge in [0.05, 0.1) is 31.5 Å². The second-order valence-electron chi connectivity index (χ2n) is 5.77. The first kappa shape index (κ1) is 20.2. The maximum atomic E-state index is 11.5. The van der Waals surface area contributed by atoms with Crippen LogP contribution in [0.1, 0.15) is 45.4 Å². The summed E-state index contributed by atoms with van der Waals surface area (Å²) in [6.07, 6.45) is 8.94. The maximum absolute atomic E-state index is 11.5. The summed E-state index contributed by atoms with van der Waals surface area (Å²) in [5.74, 6) is 1.19. The van der Waals surface area contributed by atoms with Gasteiger partial charge in [0.1, 0.15) is 5.76 Å². The van der Waals surface area contributed by atoms with Crippen molar-refractivity contribution in [1.82, 2.24) is 0 Å². The number of carbonyl (C=O) groups excluding carboxylic acids is 2. The number of carbonyl (C=O) groups is 2. The molecule has 0 radical (unpaired) electrons. The van der Waals surface area contributed by atoms with Crippen LogP contribution in [-0.4, -0.2) is 39.4 Å². The lowest BCUT2D eigenvalue weighted by atomic mass is 10.1. The van der Waals surface area contributed by atoms with Crippen LogP contribution in [0.5, 0.6) is 0 Å². The zero-order valence-corrected chi connectivity index (χ0v) is 14.6. The number of hydrogen-bond donors (Lipinski definition) is 0. The lowest BCUT2D eigenvalue weighted by molar-refractivity contribution is -0.149. The Hall–Kier alpha value is -1.82. The number of methoxy groups -OCH3 is 1. The van der Waals surface area contributed by atoms with E-state index in [-0.39, 0.29) is 11.9 Å². The van der Waals surface area contributed by atoms with Crippen molar-refractivity contribution in [2.24, 2.45) is 5.92 Å². The van der Waals surface area contributed by atoms with E-state index < -0.39 is 0 Å². The van der Waals surface area contributed by atoms with Crippen molar-refractivity contribution in [3.8, 4) is 0 Å². The summed E-state index contributed by atoms with van der Waals surface area (Å²) in [7, 11) is 1.57. The molecule has 0 fully saturated rings. The van der Waals surface area contributed by atoms with Gasteiger partial charge in [-0.15, -0.1) is 0 Å². The van der Waals surface area contributed by atoms with Crippen molar-refractivity contribution in [3.63, 3.8) is 0 Å². The van der Waals surface area contributed by atoms with Crippen LogP contribution in [0.4, 0.5) is 0 Å². The summed E-state index contributed by atoms with van der Waals surface area (Å²) in [5.41, 5.74) is 0. The number of ether oxygens (including phenoxy) is 4. The lowest BCUT2D eigenvalue weighted by Crippen LogP contribution is -2.19. The van der Waals surface area contributed by atoms with Gasteiger partial charge in [-0.25, -0.2) is 0 Å². The highest BCUT2D eigenvalue weighted by atomic mass is 16.5. The van der Waals surface area contributed by atoms with Gasteiger partial charge in [0.2, 0.25) is 0 Å². The molecule has 6 nitrogen and oxygen atoms in total. The standard InChI is InChI=1S/C18H28O6/c1-15(13-21-2)18(20)23-12-6-4-3-5-11-22-16-7-9-17(10-8-16)24-14-19/h7,9,14-15H,3-6,8,10-13H2,1-2H3. The molecule has 0 N–H and O–H groups in total. The van der Waals surface area contributed by atoms with Crippen molar-refractivity contribution in [1.29, 1.82) is 0 Å². The Morgan fingerprint density at radius 1 is 1.12 bits per heavy atom. The van der Waals surface area contributed by atoms with E-state index in [1.807, 2.05) is 6.08 Å². The Morgan fingerprint density at radius 2 is 1.79 bits per heavy atom. The topological polar surface area (TPSA) is 71.1 Å². The van der Waals surface area contributed by atoms with Crippen LogP contribution in [-0.2, 0) is 28.5 Å². The molecule has 136 valence electrons. The van der Waals surface area contributed by atoms with E-state index in [0.29, 0.717) is 38.5 Å². The molecule has 0 heterocycles. The van der Waals surface area contributed by atoms with Crippen LogP contribution in [0.25, 0.3) is 0 Å². The summed E-state index contributed by atoms with van der Waals surface area (Å²) in [4.78, 5) is 21.8. The van der Waals surface area contributed by atoms with Crippen LogP contribution < -0.4 is 0 Å². The Balaban J connectivity index is 1.98. The predicted molar refractivity (Wildman–Crippen MR) is 89.0 cm³/mol. The molecule has 0 saturated heterocycles. The van der Waals surface area contributed by atoms with Crippen LogP contribution >= 0.6 is 0 Å². The van der Waals surface area contributed by atoms with E-state index in [2.05, 4.69) is 0 Å². The Kier molecular flexibility index (Phi) is 10.6. The van der Waals surface area contributed by atoms with Gasteiger partial charge in [0, 0.05) is 20.0 Å². The first-order chi connectivity index (χ1) is 11.7. The summed E-state index contributed by atoms with van der Waals surface area (Å²) in [6.45, 7) is 3.77. The minimum atomic E-state index is -0.210. The molecular weight excluding hydrogens is 312 g/mol. The van der Waals surface area contributed by atoms with E-state index in [0.717, 1.165) is 37.9 Å². The second-order valence-corrected chi connectivity index (χ2v) is 5.77. The van der Waals surface area contributed by atoms with Crippen LogP contribution in [0.3, 0.4) is 0 Å². The van der Waals surface area contributed by atoms with Gasteiger partial charge in [-0.05, 0) is 44.8 Å². The zero-order valence-electron chi connectivity index (χ0n) is 14.6. The molecule has 1 rings (SSSR count). The molecule has 1 aliphatic carbocycles. The minimum absolute atomic E-state index is 0.199. The fourth-order valence-corrected chi connectivity index (χ4v) is 2.27. The Labute approximate surface area is 143 Å². The first-order valence-corrected chi connectivity index (χ1v) is 8.45. The van der Waals surface area contributed by atoms with Gasteiger partial charge in [0.25, 0.3) is 6.47 Å². The highest BCUT2D eigenvalue weighted by Gasteiger charge is 2.13. The third-order valence-electron chi connectivity index (χ3n) is 3.66. The van der Waals surface area contributed by atoms with Crippen molar-refractivity contribution >= 4 is 12.4 Å². The molecule has 0 amide bonds. The molecule has 0 aromatic rings. The fourth-order valence-electron chi connectivity index (χ4n) is 2.27. The van der Waals surface area contributed by atoms with Gasteiger partial charge < -0.3 is 18.9 Å². The summed E-state index contributed by atoms with van der Waals surface area (Å²) >= 11 is 0. The van der Waals surface area contributed by atoms with Gasteiger partial charge in [-0.3, -0.25) is 9.59 Å². The third kappa shape index (κ3) is 8.72. The van der Waals surface area contributed by atoms with E-state index in [9.17, 15) is 9.59 Å². The molecule has 1 atom stereocenters. The monoisotopic (exact) mass is 340 g/mol. The largest absolute Gasteiger partial charge is 0.498 e. The van der Waals surface area contributed by atoms with E-state index in [1.54, 1.807) is 20.1 Å². The molecule has 24 heavy (non-hydrogen) atoms. The number of allylic oxidation sites excluding steroid dienone is 4. The van der Waals surface area contributed by atoms with Gasteiger partial charge in [-0.2, -0.15) is 0 Å². The number of esters is 1. The van der Waals surface area contributed by atoms with Gasteiger partial charge in [-0.1, -0.05) is 0 Å². The predicted octanol–water partition coefficient (Wildman–Crippen LogP) is 3.12. The number of rotatable bonds is 13. The molecule has 0 saturated carbocycles. The molecule has 0 aromatic carbocycles. The maximum Gasteiger partial charge on any atom is 0.310 e. The summed E-state index contributed by atoms with van der Waals surface area (Å²) in [6, 6.07) is 0. The van der Waals surface area contributed by atoms with Crippen molar-refractivity contribution in [2.45, 2.75) is 45.4 Å². The average molecular weight is 340 g/mol. The lowest BCUT2D eigenvalue weighted by Gasteiger charge is -2.14. The van der Waals surface area contributed by atoms with E-state index >= 15 is 0 Å². The van der Waals surface area contributed by atoms with Crippen molar-refractivity contribution in [2.75, 3.05) is 26.9 Å². The SMILES string of the molecule is COCC(C)C(=O)OCCCCCCOC1=CC=C(OC=O)CC1. The molecule has 1 unspecified atom stereocenters. The highest BCUT2D eigenvalue weighted by molar-refractivity contribution is 5.72. The summed E-state index contributed by atoms with van der Waals surface area (Å²) in [5, 5.41) is 0. The molecule has 0 aliphatic heterocycles. The molecule has 0 spiro atoms. The second kappa shape index (κ2) is 12.6. The van der Waals surface area contributed by atoms with Crippen molar-refractivity contribution in [3.05, 3.63) is 23.7 Å². The quantitative estimate of drug-likeness (QED) is 0.291. The van der Waals surface area contributed by atoms with Crippen molar-refractivity contribution < 1.29 is 28.5 Å². The third-order valence-corrected chi connectivity index (χ3v) is 3.66. The minimum Gasteiger partial charge on any atom is -0.498 e. The Morgan fingerprint density at radius 3 is 2.42 bits per heavy atom. The average Bonchev–Trinajstić information content (AvgIpc) is 2.59. The molecule has 6 heteroatoms. The van der Waals surface area contributed by atoms with E-state index in [1.165, 1.54) is 0 Å². The zero-order chi connectivity index (χ0) is 17.6.